The van der Waals surface area contributed by atoms with Gasteiger partial charge in [-0.25, -0.2) is 4.79 Å². The molecule has 5 heteroatoms. The molecule has 0 spiro atoms. The van der Waals surface area contributed by atoms with Crippen LogP contribution >= 0.6 is 11.3 Å². The lowest BCUT2D eigenvalue weighted by molar-refractivity contribution is 0.0597. The normalized spacial score (nSPS) is 19.4. The van der Waals surface area contributed by atoms with Crippen molar-refractivity contribution in [1.29, 1.82) is 0 Å². The van der Waals surface area contributed by atoms with E-state index >= 15 is 0 Å². The summed E-state index contributed by atoms with van der Waals surface area (Å²) in [5.74, 6) is 0. The van der Waals surface area contributed by atoms with Gasteiger partial charge in [-0.2, -0.15) is 11.3 Å². The van der Waals surface area contributed by atoms with E-state index in [1.807, 2.05) is 16.8 Å². The van der Waals surface area contributed by atoms with Crippen LogP contribution in [0, 0.1) is 0 Å². The third-order valence-corrected chi connectivity index (χ3v) is 4.11. The number of hydrogen-bond acceptors (Lipinski definition) is 3. The molecule has 0 saturated heterocycles. The van der Waals surface area contributed by atoms with Crippen molar-refractivity contribution in [3.8, 4) is 0 Å². The van der Waals surface area contributed by atoms with Crippen LogP contribution in [0.5, 0.6) is 0 Å². The number of nitrogens with one attached hydrogen (secondary N) is 2. The van der Waals surface area contributed by atoms with E-state index in [0.717, 1.165) is 18.4 Å². The predicted molar refractivity (Wildman–Crippen MR) is 72.7 cm³/mol. The maximum Gasteiger partial charge on any atom is 0.315 e. The zero-order valence-electron chi connectivity index (χ0n) is 10.6. The summed E-state index contributed by atoms with van der Waals surface area (Å²) in [7, 11) is 0. The van der Waals surface area contributed by atoms with Crippen LogP contribution in [0.4, 0.5) is 4.79 Å². The van der Waals surface area contributed by atoms with Gasteiger partial charge in [0, 0.05) is 6.04 Å². The average molecular weight is 268 g/mol. The molecule has 1 fully saturated rings. The molecule has 1 atom stereocenters. The van der Waals surface area contributed by atoms with E-state index in [1.54, 1.807) is 6.92 Å². The third kappa shape index (κ3) is 3.46. The summed E-state index contributed by atoms with van der Waals surface area (Å²) in [6.45, 7) is 1.94. The standard InChI is InChI=1S/C13H20N2O2S/c1-13(17,10-6-7-18-8-10)9-14-12(16)15-11-4-2-3-5-11/h6-8,11,17H,2-5,9H2,1H3,(H2,14,15,16). The summed E-state index contributed by atoms with van der Waals surface area (Å²) in [4.78, 5) is 11.7. The van der Waals surface area contributed by atoms with Gasteiger partial charge in [-0.05, 0) is 42.2 Å². The van der Waals surface area contributed by atoms with E-state index in [9.17, 15) is 9.90 Å². The maximum absolute atomic E-state index is 11.7. The molecule has 0 aromatic carbocycles. The number of carbonyl (C=O) groups excluding carboxylic acids is 1. The first-order valence-electron chi connectivity index (χ1n) is 6.37. The van der Waals surface area contributed by atoms with Crippen molar-refractivity contribution in [2.45, 2.75) is 44.2 Å². The second-order valence-electron chi connectivity index (χ2n) is 5.09. The minimum Gasteiger partial charge on any atom is -0.384 e. The van der Waals surface area contributed by atoms with Gasteiger partial charge in [0.25, 0.3) is 0 Å². The highest BCUT2D eigenvalue weighted by molar-refractivity contribution is 7.08. The van der Waals surface area contributed by atoms with Gasteiger partial charge in [0.2, 0.25) is 0 Å². The zero-order valence-corrected chi connectivity index (χ0v) is 11.4. The predicted octanol–water partition coefficient (Wildman–Crippen LogP) is 2.20. The Hall–Kier alpha value is -1.07. The lowest BCUT2D eigenvalue weighted by atomic mass is 9.99. The molecular weight excluding hydrogens is 248 g/mol. The Balaban J connectivity index is 1.78. The Kier molecular flexibility index (Phi) is 4.24. The molecule has 1 unspecified atom stereocenters. The monoisotopic (exact) mass is 268 g/mol. The first-order chi connectivity index (χ1) is 8.58. The van der Waals surface area contributed by atoms with Gasteiger partial charge in [0.05, 0.1) is 6.54 Å². The van der Waals surface area contributed by atoms with Crippen LogP contribution in [0.3, 0.4) is 0 Å². The number of aliphatic hydroxyl groups is 1. The van der Waals surface area contributed by atoms with Crippen LogP contribution < -0.4 is 10.6 Å². The molecule has 1 aromatic heterocycles. The number of rotatable bonds is 4. The van der Waals surface area contributed by atoms with Gasteiger partial charge in [-0.1, -0.05) is 12.8 Å². The van der Waals surface area contributed by atoms with Crippen molar-refractivity contribution in [3.05, 3.63) is 22.4 Å². The largest absolute Gasteiger partial charge is 0.384 e. The molecule has 1 saturated carbocycles. The summed E-state index contributed by atoms with van der Waals surface area (Å²) in [5, 5.41) is 19.7. The topological polar surface area (TPSA) is 61.4 Å². The molecule has 1 heterocycles. The molecule has 100 valence electrons. The Morgan fingerprint density at radius 2 is 2.28 bits per heavy atom. The van der Waals surface area contributed by atoms with E-state index < -0.39 is 5.60 Å². The molecule has 0 radical (unpaired) electrons. The molecule has 0 aliphatic heterocycles. The van der Waals surface area contributed by atoms with E-state index in [2.05, 4.69) is 10.6 Å². The van der Waals surface area contributed by atoms with E-state index in [0.29, 0.717) is 6.04 Å². The molecule has 4 nitrogen and oxygen atoms in total. The van der Waals surface area contributed by atoms with Crippen molar-refractivity contribution >= 4 is 17.4 Å². The Bertz CT molecular complexity index is 384. The molecule has 1 aliphatic carbocycles. The minimum absolute atomic E-state index is 0.183. The molecule has 2 amide bonds. The smallest absolute Gasteiger partial charge is 0.315 e. The summed E-state index contributed by atoms with van der Waals surface area (Å²) in [6.07, 6.45) is 4.51. The fourth-order valence-corrected chi connectivity index (χ4v) is 3.01. The van der Waals surface area contributed by atoms with Gasteiger partial charge in [0.15, 0.2) is 0 Å². The van der Waals surface area contributed by atoms with Crippen LogP contribution in [0.15, 0.2) is 16.8 Å². The van der Waals surface area contributed by atoms with Crippen molar-refractivity contribution in [2.75, 3.05) is 6.54 Å². The lowest BCUT2D eigenvalue weighted by Crippen LogP contribution is -2.46. The van der Waals surface area contributed by atoms with Gasteiger partial charge in [-0.3, -0.25) is 0 Å². The van der Waals surface area contributed by atoms with Crippen molar-refractivity contribution < 1.29 is 9.90 Å². The van der Waals surface area contributed by atoms with Crippen molar-refractivity contribution in [3.63, 3.8) is 0 Å². The van der Waals surface area contributed by atoms with E-state index in [4.69, 9.17) is 0 Å². The number of carbonyl (C=O) groups is 1. The van der Waals surface area contributed by atoms with Gasteiger partial charge < -0.3 is 15.7 Å². The van der Waals surface area contributed by atoms with Crippen LogP contribution in [0.25, 0.3) is 0 Å². The SMILES string of the molecule is CC(O)(CNC(=O)NC1CCCC1)c1ccsc1. The van der Waals surface area contributed by atoms with Crippen LogP contribution in [-0.2, 0) is 5.60 Å². The quantitative estimate of drug-likeness (QED) is 0.784. The fraction of sp³-hybridized carbons (Fsp3) is 0.615. The molecule has 1 aliphatic rings. The number of hydrogen-bond donors (Lipinski definition) is 3. The summed E-state index contributed by atoms with van der Waals surface area (Å²) < 4.78 is 0. The Labute approximate surface area is 111 Å². The molecule has 3 N–H and O–H groups in total. The third-order valence-electron chi connectivity index (χ3n) is 3.43. The Morgan fingerprint density at radius 3 is 2.89 bits per heavy atom. The van der Waals surface area contributed by atoms with Gasteiger partial charge in [0.1, 0.15) is 5.60 Å². The van der Waals surface area contributed by atoms with Crippen molar-refractivity contribution in [2.24, 2.45) is 0 Å². The highest BCUT2D eigenvalue weighted by Gasteiger charge is 2.25. The van der Waals surface area contributed by atoms with Gasteiger partial charge >= 0.3 is 6.03 Å². The minimum atomic E-state index is -1.01. The van der Waals surface area contributed by atoms with Crippen LogP contribution in [0.2, 0.25) is 0 Å². The average Bonchev–Trinajstić information content (AvgIpc) is 2.99. The summed E-state index contributed by atoms with van der Waals surface area (Å²) >= 11 is 1.54. The zero-order chi connectivity index (χ0) is 13.0. The highest BCUT2D eigenvalue weighted by atomic mass is 32.1. The van der Waals surface area contributed by atoms with Crippen LogP contribution in [0.1, 0.15) is 38.2 Å². The van der Waals surface area contributed by atoms with E-state index in [1.165, 1.54) is 24.2 Å². The summed E-state index contributed by atoms with van der Waals surface area (Å²) in [5.41, 5.74) is -0.166. The molecule has 0 bridgehead atoms. The Morgan fingerprint density at radius 1 is 1.56 bits per heavy atom. The number of urea groups is 1. The molecular formula is C13H20N2O2S. The van der Waals surface area contributed by atoms with Crippen LogP contribution in [-0.4, -0.2) is 23.7 Å². The second-order valence-corrected chi connectivity index (χ2v) is 5.87. The molecule has 1 aromatic rings. The van der Waals surface area contributed by atoms with Crippen molar-refractivity contribution in [1.82, 2.24) is 10.6 Å². The van der Waals surface area contributed by atoms with E-state index in [-0.39, 0.29) is 12.6 Å². The number of amides is 2. The van der Waals surface area contributed by atoms with Gasteiger partial charge in [-0.15, -0.1) is 0 Å². The lowest BCUT2D eigenvalue weighted by Gasteiger charge is -2.23. The summed E-state index contributed by atoms with van der Waals surface area (Å²) in [6, 6.07) is 2.00. The maximum atomic E-state index is 11.7. The number of thiophene rings is 1. The highest BCUT2D eigenvalue weighted by Crippen LogP contribution is 2.22. The molecule has 18 heavy (non-hydrogen) atoms. The first kappa shape index (κ1) is 13.4. The second kappa shape index (κ2) is 5.71. The first-order valence-corrected chi connectivity index (χ1v) is 7.31. The fourth-order valence-electron chi connectivity index (χ4n) is 2.23. The molecule has 2 rings (SSSR count).